The molecule has 1 aromatic rings. The van der Waals surface area contributed by atoms with E-state index < -0.39 is 8.07 Å². The van der Waals surface area contributed by atoms with E-state index in [1.165, 1.54) is 23.3 Å². The molecule has 0 N–H and O–H groups in total. The molecule has 0 atom stereocenters. The second-order valence-electron chi connectivity index (χ2n) is 4.06. The molecule has 0 aliphatic heterocycles. The lowest BCUT2D eigenvalue weighted by Gasteiger charge is -2.30. The zero-order valence-corrected chi connectivity index (χ0v) is 14.0. The van der Waals surface area contributed by atoms with Gasteiger partial charge in [0.2, 0.25) is 0 Å². The molecule has 0 aliphatic carbocycles. The Bertz CT molecular complexity index is 367. The van der Waals surface area contributed by atoms with E-state index in [0.717, 1.165) is 14.5 Å². The minimum absolute atomic E-state index is 0.824. The van der Waals surface area contributed by atoms with Crippen molar-refractivity contribution < 1.29 is 0 Å². The average Bonchev–Trinajstić information content (AvgIpc) is 2.30. The van der Waals surface area contributed by atoms with Crippen LogP contribution in [0.3, 0.4) is 0 Å². The van der Waals surface area contributed by atoms with Crippen LogP contribution in [0.2, 0.25) is 28.2 Å². The monoisotopic (exact) mass is 338 g/mol. The molecular formula is C12H17BrCl2Si. The van der Waals surface area contributed by atoms with Crippen molar-refractivity contribution in [3.8, 4) is 0 Å². The van der Waals surface area contributed by atoms with Gasteiger partial charge in [0.25, 0.3) is 0 Å². The van der Waals surface area contributed by atoms with Gasteiger partial charge < -0.3 is 0 Å². The van der Waals surface area contributed by atoms with Gasteiger partial charge in [-0.15, -0.1) is 0 Å². The van der Waals surface area contributed by atoms with Crippen LogP contribution in [0.4, 0.5) is 0 Å². The summed E-state index contributed by atoms with van der Waals surface area (Å²) in [7, 11) is -1.51. The summed E-state index contributed by atoms with van der Waals surface area (Å²) < 4.78 is 0.959. The molecule has 0 spiro atoms. The summed E-state index contributed by atoms with van der Waals surface area (Å²) in [5, 5.41) is 2.90. The van der Waals surface area contributed by atoms with Crippen LogP contribution in [0.5, 0.6) is 0 Å². The first kappa shape index (κ1) is 14.6. The highest BCUT2D eigenvalue weighted by molar-refractivity contribution is 9.10. The summed E-state index contributed by atoms with van der Waals surface area (Å²) in [6.45, 7) is 6.77. The average molecular weight is 340 g/mol. The molecule has 90 valence electrons. The molecule has 0 fully saturated rings. The van der Waals surface area contributed by atoms with Gasteiger partial charge in [-0.2, -0.15) is 0 Å². The fourth-order valence-corrected chi connectivity index (χ4v) is 8.13. The SMILES string of the molecule is CC[Si](CC)(CC)c1c(Cl)ccc(Br)c1Cl. The Balaban J connectivity index is 3.45. The van der Waals surface area contributed by atoms with Crippen LogP contribution < -0.4 is 5.19 Å². The molecule has 0 aromatic heterocycles. The minimum atomic E-state index is -1.51. The molecule has 0 radical (unpaired) electrons. The van der Waals surface area contributed by atoms with Gasteiger partial charge in [-0.25, -0.2) is 0 Å². The topological polar surface area (TPSA) is 0 Å². The van der Waals surface area contributed by atoms with Gasteiger partial charge in [-0.3, -0.25) is 0 Å². The molecule has 0 bridgehead atoms. The van der Waals surface area contributed by atoms with Gasteiger partial charge in [-0.1, -0.05) is 62.1 Å². The van der Waals surface area contributed by atoms with Crippen LogP contribution in [0.1, 0.15) is 20.8 Å². The van der Waals surface area contributed by atoms with Gasteiger partial charge in [0, 0.05) is 9.50 Å². The summed E-state index contributed by atoms with van der Waals surface area (Å²) in [5.74, 6) is 0. The van der Waals surface area contributed by atoms with Crippen LogP contribution >= 0.6 is 39.1 Å². The highest BCUT2D eigenvalue weighted by Crippen LogP contribution is 2.31. The third-order valence-corrected chi connectivity index (χ3v) is 11.2. The molecule has 0 saturated heterocycles. The molecule has 16 heavy (non-hydrogen) atoms. The van der Waals surface area contributed by atoms with E-state index in [4.69, 9.17) is 23.2 Å². The summed E-state index contributed by atoms with van der Waals surface area (Å²) in [6, 6.07) is 7.45. The smallest absolute Gasteiger partial charge is 0.0844 e. The highest BCUT2D eigenvalue weighted by atomic mass is 79.9. The molecule has 0 nitrogen and oxygen atoms in total. The van der Waals surface area contributed by atoms with Crippen molar-refractivity contribution in [1.82, 2.24) is 0 Å². The fraction of sp³-hybridized carbons (Fsp3) is 0.500. The van der Waals surface area contributed by atoms with Crippen molar-refractivity contribution in [3.05, 3.63) is 26.7 Å². The molecule has 4 heteroatoms. The van der Waals surface area contributed by atoms with E-state index in [-0.39, 0.29) is 0 Å². The lowest BCUT2D eigenvalue weighted by molar-refractivity contribution is 1.19. The Kier molecular flexibility index (Phi) is 5.37. The third kappa shape index (κ3) is 2.50. The van der Waals surface area contributed by atoms with E-state index in [1.54, 1.807) is 0 Å². The van der Waals surface area contributed by atoms with Crippen molar-refractivity contribution in [3.63, 3.8) is 0 Å². The predicted octanol–water partition coefficient (Wildman–Crippen LogP) is 5.47. The maximum absolute atomic E-state index is 6.42. The van der Waals surface area contributed by atoms with Gasteiger partial charge in [0.05, 0.1) is 13.1 Å². The predicted molar refractivity (Wildman–Crippen MR) is 81.0 cm³/mol. The largest absolute Gasteiger partial charge is 0.0898 e. The number of benzene rings is 1. The summed E-state index contributed by atoms with van der Waals surface area (Å²) in [4.78, 5) is 0. The van der Waals surface area contributed by atoms with E-state index in [1.807, 2.05) is 12.1 Å². The van der Waals surface area contributed by atoms with E-state index in [0.29, 0.717) is 0 Å². The van der Waals surface area contributed by atoms with Crippen molar-refractivity contribution in [2.45, 2.75) is 38.9 Å². The van der Waals surface area contributed by atoms with E-state index in [2.05, 4.69) is 36.7 Å². The van der Waals surface area contributed by atoms with Crippen molar-refractivity contribution >= 4 is 52.4 Å². The zero-order chi connectivity index (χ0) is 12.3. The van der Waals surface area contributed by atoms with Crippen LogP contribution in [0.15, 0.2) is 16.6 Å². The Morgan fingerprint density at radius 3 is 2.00 bits per heavy atom. The summed E-state index contributed by atoms with van der Waals surface area (Å²) in [6.07, 6.45) is 0. The maximum Gasteiger partial charge on any atom is 0.0898 e. The molecule has 0 saturated carbocycles. The quantitative estimate of drug-likeness (QED) is 0.504. The first-order chi connectivity index (χ1) is 7.52. The molecule has 0 amide bonds. The van der Waals surface area contributed by atoms with Crippen LogP contribution in [0, 0.1) is 0 Å². The number of rotatable bonds is 4. The Hall–Kier alpha value is 0.497. The molecule has 0 unspecified atom stereocenters. The maximum atomic E-state index is 6.42. The molecular weight excluding hydrogens is 323 g/mol. The van der Waals surface area contributed by atoms with Crippen LogP contribution in [-0.4, -0.2) is 8.07 Å². The summed E-state index contributed by atoms with van der Waals surface area (Å²) >= 11 is 16.3. The minimum Gasteiger partial charge on any atom is -0.0844 e. The Labute approximate surface area is 117 Å². The Morgan fingerprint density at radius 2 is 1.56 bits per heavy atom. The molecule has 1 aromatic carbocycles. The van der Waals surface area contributed by atoms with Crippen molar-refractivity contribution in [1.29, 1.82) is 0 Å². The number of hydrogen-bond donors (Lipinski definition) is 0. The van der Waals surface area contributed by atoms with Crippen LogP contribution in [-0.2, 0) is 0 Å². The number of halogens is 3. The molecule has 0 aliphatic rings. The molecule has 0 heterocycles. The second-order valence-corrected chi connectivity index (χ2v) is 10.9. The lowest BCUT2D eigenvalue weighted by Crippen LogP contribution is -2.47. The van der Waals surface area contributed by atoms with Crippen LogP contribution in [0.25, 0.3) is 0 Å². The standard InChI is InChI=1S/C12H17BrCl2Si/c1-4-16(5-2,6-3)12-10(14)8-7-9(13)11(12)15/h7-8H,4-6H2,1-3H3. The van der Waals surface area contributed by atoms with Gasteiger partial charge in [-0.05, 0) is 33.2 Å². The normalized spacial score (nSPS) is 11.9. The third-order valence-electron chi connectivity index (χ3n) is 3.60. The van der Waals surface area contributed by atoms with Gasteiger partial charge >= 0.3 is 0 Å². The highest BCUT2D eigenvalue weighted by Gasteiger charge is 2.33. The van der Waals surface area contributed by atoms with Crippen molar-refractivity contribution in [2.24, 2.45) is 0 Å². The zero-order valence-electron chi connectivity index (χ0n) is 9.91. The van der Waals surface area contributed by atoms with Gasteiger partial charge in [0.15, 0.2) is 0 Å². The van der Waals surface area contributed by atoms with E-state index >= 15 is 0 Å². The Morgan fingerprint density at radius 1 is 1.06 bits per heavy atom. The van der Waals surface area contributed by atoms with E-state index in [9.17, 15) is 0 Å². The fourth-order valence-electron chi connectivity index (χ4n) is 2.29. The lowest BCUT2D eigenvalue weighted by atomic mass is 10.4. The number of hydrogen-bond acceptors (Lipinski definition) is 0. The first-order valence-corrected chi connectivity index (χ1v) is 9.83. The first-order valence-electron chi connectivity index (χ1n) is 5.66. The van der Waals surface area contributed by atoms with Gasteiger partial charge in [0.1, 0.15) is 0 Å². The van der Waals surface area contributed by atoms with Crippen molar-refractivity contribution in [2.75, 3.05) is 0 Å². The second kappa shape index (κ2) is 5.90. The summed E-state index contributed by atoms with van der Waals surface area (Å²) in [5.41, 5.74) is 0. The molecule has 1 rings (SSSR count).